The number of primary amides is 1. The van der Waals surface area contributed by atoms with Crippen molar-refractivity contribution in [3.8, 4) is 16.9 Å². The molecule has 0 bridgehead atoms. The van der Waals surface area contributed by atoms with E-state index in [0.717, 1.165) is 16.7 Å². The third-order valence-electron chi connectivity index (χ3n) is 4.35. The van der Waals surface area contributed by atoms with Gasteiger partial charge in [0.15, 0.2) is 6.10 Å². The van der Waals surface area contributed by atoms with Gasteiger partial charge in [0.1, 0.15) is 5.75 Å². The van der Waals surface area contributed by atoms with Gasteiger partial charge >= 0.3 is 0 Å². The van der Waals surface area contributed by atoms with Gasteiger partial charge in [0.25, 0.3) is 5.91 Å². The van der Waals surface area contributed by atoms with Gasteiger partial charge in [-0.15, -0.1) is 0 Å². The number of nitrogens with one attached hydrogen (secondary N) is 1. The number of ether oxygens (including phenoxy) is 1. The monoisotopic (exact) mass is 374 g/mol. The van der Waals surface area contributed by atoms with Crippen molar-refractivity contribution in [1.82, 2.24) is 5.32 Å². The van der Waals surface area contributed by atoms with Crippen LogP contribution in [0.25, 0.3) is 11.1 Å². The number of hydrogen-bond acceptors (Lipinski definition) is 3. The fraction of sp³-hybridized carbons (Fsp3) is 0.130. The molecule has 28 heavy (non-hydrogen) atoms. The Balaban J connectivity index is 1.53. The fourth-order valence-electron chi connectivity index (χ4n) is 2.73. The summed E-state index contributed by atoms with van der Waals surface area (Å²) in [5.74, 6) is -0.0600. The molecule has 3 aromatic carbocycles. The highest BCUT2D eigenvalue weighted by molar-refractivity contribution is 5.92. The molecule has 0 aliphatic carbocycles. The van der Waals surface area contributed by atoms with E-state index in [9.17, 15) is 9.59 Å². The van der Waals surface area contributed by atoms with Gasteiger partial charge in [0.05, 0.1) is 0 Å². The second-order valence-electron chi connectivity index (χ2n) is 6.43. The van der Waals surface area contributed by atoms with Gasteiger partial charge in [0.2, 0.25) is 5.91 Å². The van der Waals surface area contributed by atoms with Crippen molar-refractivity contribution in [2.45, 2.75) is 19.6 Å². The lowest BCUT2D eigenvalue weighted by atomic mass is 10.1. The zero-order valence-corrected chi connectivity index (χ0v) is 15.6. The summed E-state index contributed by atoms with van der Waals surface area (Å²) in [6.45, 7) is 2.05. The second-order valence-corrected chi connectivity index (χ2v) is 6.43. The Kier molecular flexibility index (Phi) is 6.07. The molecule has 0 spiro atoms. The molecule has 3 rings (SSSR count). The van der Waals surface area contributed by atoms with E-state index in [-0.39, 0.29) is 5.91 Å². The Morgan fingerprint density at radius 2 is 1.50 bits per heavy atom. The topological polar surface area (TPSA) is 81.4 Å². The van der Waals surface area contributed by atoms with Gasteiger partial charge in [-0.3, -0.25) is 9.59 Å². The molecule has 0 aliphatic rings. The summed E-state index contributed by atoms with van der Waals surface area (Å²) < 4.78 is 5.73. The minimum absolute atomic E-state index is 0.217. The number of carbonyl (C=O) groups is 2. The largest absolute Gasteiger partial charge is 0.481 e. The SMILES string of the molecule is CC(Oc1ccc(-c2ccccc2)cc1)C(=O)NCc1ccc(C(N)=O)cc1. The van der Waals surface area contributed by atoms with E-state index in [0.29, 0.717) is 17.9 Å². The van der Waals surface area contributed by atoms with Gasteiger partial charge in [-0.25, -0.2) is 0 Å². The standard InChI is InChI=1S/C23H22N2O3/c1-16(23(27)25-15-17-7-9-20(10-8-17)22(24)26)28-21-13-11-19(12-14-21)18-5-3-2-4-6-18/h2-14,16H,15H2,1H3,(H2,24,26)(H,25,27). The molecule has 1 atom stereocenters. The molecule has 0 fully saturated rings. The predicted octanol–water partition coefficient (Wildman–Crippen LogP) is 3.54. The van der Waals surface area contributed by atoms with Gasteiger partial charge in [-0.2, -0.15) is 0 Å². The summed E-state index contributed by atoms with van der Waals surface area (Å²) in [5, 5.41) is 2.82. The molecule has 0 saturated heterocycles. The van der Waals surface area contributed by atoms with Crippen LogP contribution in [0.4, 0.5) is 0 Å². The molecule has 3 aromatic rings. The minimum Gasteiger partial charge on any atom is -0.481 e. The fourth-order valence-corrected chi connectivity index (χ4v) is 2.73. The van der Waals surface area contributed by atoms with Gasteiger partial charge in [-0.1, -0.05) is 54.6 Å². The van der Waals surface area contributed by atoms with E-state index in [2.05, 4.69) is 5.32 Å². The summed E-state index contributed by atoms with van der Waals surface area (Å²) in [6, 6.07) is 24.5. The first-order chi connectivity index (χ1) is 13.5. The number of rotatable bonds is 7. The van der Waals surface area contributed by atoms with Crippen LogP contribution in [0, 0.1) is 0 Å². The maximum atomic E-state index is 12.3. The van der Waals surface area contributed by atoms with E-state index in [1.807, 2.05) is 54.6 Å². The second kappa shape index (κ2) is 8.86. The van der Waals surface area contributed by atoms with E-state index >= 15 is 0 Å². The van der Waals surface area contributed by atoms with Crippen molar-refractivity contribution in [3.63, 3.8) is 0 Å². The number of benzene rings is 3. The average molecular weight is 374 g/mol. The van der Waals surface area contributed by atoms with E-state index in [1.54, 1.807) is 31.2 Å². The van der Waals surface area contributed by atoms with Crippen molar-refractivity contribution >= 4 is 11.8 Å². The molecule has 2 amide bonds. The van der Waals surface area contributed by atoms with E-state index in [1.165, 1.54) is 0 Å². The van der Waals surface area contributed by atoms with Crippen LogP contribution in [0.5, 0.6) is 5.75 Å². The van der Waals surface area contributed by atoms with Gasteiger partial charge in [-0.05, 0) is 47.9 Å². The first-order valence-electron chi connectivity index (χ1n) is 9.01. The van der Waals surface area contributed by atoms with Crippen molar-refractivity contribution in [2.75, 3.05) is 0 Å². The Labute approximate surface area is 164 Å². The quantitative estimate of drug-likeness (QED) is 0.664. The first kappa shape index (κ1) is 19.2. The van der Waals surface area contributed by atoms with Gasteiger partial charge < -0.3 is 15.8 Å². The number of nitrogens with two attached hydrogens (primary N) is 1. The van der Waals surface area contributed by atoms with Crippen LogP contribution < -0.4 is 15.8 Å². The number of carbonyl (C=O) groups excluding carboxylic acids is 2. The minimum atomic E-state index is -0.632. The molecule has 5 nitrogen and oxygen atoms in total. The Morgan fingerprint density at radius 3 is 2.11 bits per heavy atom. The Bertz CT molecular complexity index is 936. The molecule has 0 aromatic heterocycles. The van der Waals surface area contributed by atoms with Crippen LogP contribution in [0.2, 0.25) is 0 Å². The molecule has 0 heterocycles. The molecule has 0 aliphatic heterocycles. The van der Waals surface area contributed by atoms with Crippen LogP contribution in [0.3, 0.4) is 0 Å². The maximum Gasteiger partial charge on any atom is 0.261 e. The first-order valence-corrected chi connectivity index (χ1v) is 9.01. The average Bonchev–Trinajstić information content (AvgIpc) is 2.73. The van der Waals surface area contributed by atoms with Crippen LogP contribution in [0.1, 0.15) is 22.8 Å². The van der Waals surface area contributed by atoms with Gasteiger partial charge in [0, 0.05) is 12.1 Å². The highest BCUT2D eigenvalue weighted by atomic mass is 16.5. The van der Waals surface area contributed by atoms with Crippen LogP contribution in [-0.2, 0) is 11.3 Å². The van der Waals surface area contributed by atoms with Crippen molar-refractivity contribution < 1.29 is 14.3 Å². The highest BCUT2D eigenvalue weighted by Gasteiger charge is 2.14. The summed E-state index contributed by atoms with van der Waals surface area (Å²) in [6.07, 6.45) is -0.632. The normalized spacial score (nSPS) is 11.5. The summed E-state index contributed by atoms with van der Waals surface area (Å²) >= 11 is 0. The predicted molar refractivity (Wildman–Crippen MR) is 109 cm³/mol. The van der Waals surface area contributed by atoms with Crippen LogP contribution in [0.15, 0.2) is 78.9 Å². The Hall–Kier alpha value is -3.60. The van der Waals surface area contributed by atoms with E-state index in [4.69, 9.17) is 10.5 Å². The van der Waals surface area contributed by atoms with Crippen molar-refractivity contribution in [2.24, 2.45) is 5.73 Å². The lowest BCUT2D eigenvalue weighted by Crippen LogP contribution is -2.35. The Morgan fingerprint density at radius 1 is 0.893 bits per heavy atom. The zero-order chi connectivity index (χ0) is 19.9. The van der Waals surface area contributed by atoms with E-state index < -0.39 is 12.0 Å². The maximum absolute atomic E-state index is 12.3. The van der Waals surface area contributed by atoms with Crippen molar-refractivity contribution in [1.29, 1.82) is 0 Å². The lowest BCUT2D eigenvalue weighted by molar-refractivity contribution is -0.127. The van der Waals surface area contributed by atoms with Crippen LogP contribution in [-0.4, -0.2) is 17.9 Å². The molecule has 3 N–H and O–H groups in total. The lowest BCUT2D eigenvalue weighted by Gasteiger charge is -2.15. The third kappa shape index (κ3) is 4.98. The molecule has 142 valence electrons. The smallest absolute Gasteiger partial charge is 0.261 e. The molecule has 1 unspecified atom stereocenters. The van der Waals surface area contributed by atoms with Crippen LogP contribution >= 0.6 is 0 Å². The third-order valence-corrected chi connectivity index (χ3v) is 4.35. The molecule has 0 saturated carbocycles. The number of hydrogen-bond donors (Lipinski definition) is 2. The summed E-state index contributed by atoms with van der Waals surface area (Å²) in [5.41, 5.74) is 8.74. The molecule has 5 heteroatoms. The zero-order valence-electron chi connectivity index (χ0n) is 15.6. The highest BCUT2D eigenvalue weighted by Crippen LogP contribution is 2.22. The number of amides is 2. The summed E-state index contributed by atoms with van der Waals surface area (Å²) in [7, 11) is 0. The molecular weight excluding hydrogens is 352 g/mol. The molecule has 0 radical (unpaired) electrons. The van der Waals surface area contributed by atoms with Crippen molar-refractivity contribution in [3.05, 3.63) is 90.0 Å². The summed E-state index contributed by atoms with van der Waals surface area (Å²) in [4.78, 5) is 23.4. The molecular formula is C23H22N2O3.